The third kappa shape index (κ3) is 4.91. The monoisotopic (exact) mass is 492 g/mol. The molecular formula is C21H25F5N4O4. The standard InChI is InChI=1S/C21H25F5N4O4/c22-16(23)18(29)34-17(28)10-4-5-12-8-30(19(32)13(12)6-10)14-3-1-2-11(15(14)27)7-20(33,9-31)21(24,25)26/h4-6,9,11,14-16,18,28,33H,1-3,7-8,27,29H2/t11?,14?,15-,18?,20?/m1/s1. The molecule has 1 aliphatic heterocycles. The van der Waals surface area contributed by atoms with Gasteiger partial charge in [-0.3, -0.25) is 20.7 Å². The Hall–Kier alpha value is -2.64. The van der Waals surface area contributed by atoms with Crippen LogP contribution in [-0.2, 0) is 16.1 Å². The van der Waals surface area contributed by atoms with Crippen LogP contribution in [0, 0.1) is 11.3 Å². The Bertz CT molecular complexity index is 960. The van der Waals surface area contributed by atoms with Gasteiger partial charge in [-0.25, -0.2) is 8.78 Å². The average Bonchev–Trinajstić information content (AvgIpc) is 3.09. The summed E-state index contributed by atoms with van der Waals surface area (Å²) in [6.45, 7) is 0.113. The topological polar surface area (TPSA) is 143 Å². The minimum Gasteiger partial charge on any atom is -0.453 e. The number of aldehydes is 1. The number of rotatable bonds is 7. The van der Waals surface area contributed by atoms with Crippen molar-refractivity contribution in [1.82, 2.24) is 4.90 Å². The van der Waals surface area contributed by atoms with E-state index in [2.05, 4.69) is 4.74 Å². The molecule has 188 valence electrons. The first-order valence-electron chi connectivity index (χ1n) is 10.5. The number of carbonyl (C=O) groups is 2. The van der Waals surface area contributed by atoms with Crippen molar-refractivity contribution in [3.8, 4) is 0 Å². The normalized spacial score (nSPS) is 25.6. The van der Waals surface area contributed by atoms with Crippen molar-refractivity contribution in [3.05, 3.63) is 34.9 Å². The molecule has 13 heteroatoms. The Morgan fingerprint density at radius 3 is 2.59 bits per heavy atom. The molecule has 4 unspecified atom stereocenters. The summed E-state index contributed by atoms with van der Waals surface area (Å²) in [5, 5.41) is 17.6. The number of nitrogens with one attached hydrogen (secondary N) is 1. The van der Waals surface area contributed by atoms with Gasteiger partial charge in [-0.1, -0.05) is 12.5 Å². The largest absolute Gasteiger partial charge is 0.453 e. The Kier molecular flexibility index (Phi) is 7.29. The highest BCUT2D eigenvalue weighted by molar-refractivity contribution is 6.01. The van der Waals surface area contributed by atoms with Crippen molar-refractivity contribution < 1.29 is 41.4 Å². The van der Waals surface area contributed by atoms with Crippen LogP contribution in [0.15, 0.2) is 18.2 Å². The number of ether oxygens (including phenoxy) is 1. The van der Waals surface area contributed by atoms with Crippen LogP contribution in [0.1, 0.15) is 47.2 Å². The Labute approximate surface area is 191 Å². The van der Waals surface area contributed by atoms with E-state index in [1.165, 1.54) is 23.1 Å². The molecule has 1 saturated carbocycles. The van der Waals surface area contributed by atoms with E-state index in [9.17, 15) is 36.6 Å². The zero-order valence-corrected chi connectivity index (χ0v) is 17.9. The second-order valence-electron chi connectivity index (χ2n) is 8.63. The Morgan fingerprint density at radius 1 is 1.32 bits per heavy atom. The number of carbonyl (C=O) groups excluding carboxylic acids is 2. The smallest absolute Gasteiger partial charge is 0.424 e. The molecule has 34 heavy (non-hydrogen) atoms. The summed E-state index contributed by atoms with van der Waals surface area (Å²) >= 11 is 0. The second-order valence-corrected chi connectivity index (χ2v) is 8.63. The third-order valence-electron chi connectivity index (χ3n) is 6.43. The van der Waals surface area contributed by atoms with Gasteiger partial charge < -0.3 is 20.5 Å². The summed E-state index contributed by atoms with van der Waals surface area (Å²) in [6, 6.07) is 2.67. The maximum atomic E-state index is 13.2. The molecule has 6 N–H and O–H groups in total. The minimum absolute atomic E-state index is 0.0529. The van der Waals surface area contributed by atoms with Crippen LogP contribution in [0.25, 0.3) is 0 Å². The minimum atomic E-state index is -5.16. The van der Waals surface area contributed by atoms with Gasteiger partial charge in [0.05, 0.1) is 0 Å². The maximum absolute atomic E-state index is 13.2. The van der Waals surface area contributed by atoms with Crippen LogP contribution < -0.4 is 11.5 Å². The predicted octanol–water partition coefficient (Wildman–Crippen LogP) is 1.91. The summed E-state index contributed by atoms with van der Waals surface area (Å²) in [6.07, 6.45) is -10.5. The summed E-state index contributed by atoms with van der Waals surface area (Å²) in [7, 11) is 0. The van der Waals surface area contributed by atoms with Crippen LogP contribution >= 0.6 is 0 Å². The number of nitrogens with zero attached hydrogens (tertiary/aromatic N) is 1. The van der Waals surface area contributed by atoms with E-state index < -0.39 is 66.9 Å². The first kappa shape index (κ1) is 26.0. The molecule has 0 saturated heterocycles. The number of nitrogens with two attached hydrogens (primary N) is 2. The van der Waals surface area contributed by atoms with Gasteiger partial charge in [0.25, 0.3) is 12.3 Å². The van der Waals surface area contributed by atoms with Crippen LogP contribution in [0.4, 0.5) is 22.0 Å². The highest BCUT2D eigenvalue weighted by atomic mass is 19.4. The quantitative estimate of drug-likeness (QED) is 0.151. The maximum Gasteiger partial charge on any atom is 0.424 e. The SMILES string of the molecule is N=C(OC(N)C(F)F)c1ccc2c(c1)C(=O)N(C1CCCC(CC(O)(C=O)C(F)(F)F)[C@H]1N)C2. The molecule has 1 fully saturated rings. The van der Waals surface area contributed by atoms with Crippen molar-refractivity contribution >= 4 is 18.1 Å². The summed E-state index contributed by atoms with van der Waals surface area (Å²) in [4.78, 5) is 25.5. The van der Waals surface area contributed by atoms with E-state index in [1.54, 1.807) is 0 Å². The molecule has 0 bridgehead atoms. The summed E-state index contributed by atoms with van der Waals surface area (Å²) < 4.78 is 69.4. The lowest BCUT2D eigenvalue weighted by atomic mass is 9.75. The van der Waals surface area contributed by atoms with Gasteiger partial charge in [-0.05, 0) is 42.9 Å². The van der Waals surface area contributed by atoms with E-state index in [1.807, 2.05) is 0 Å². The molecule has 0 aromatic heterocycles. The number of halogens is 5. The number of aliphatic hydroxyl groups is 1. The van der Waals surface area contributed by atoms with E-state index in [-0.39, 0.29) is 24.1 Å². The highest BCUT2D eigenvalue weighted by Crippen LogP contribution is 2.40. The second kappa shape index (κ2) is 9.55. The number of alkyl halides is 5. The van der Waals surface area contributed by atoms with E-state index in [0.29, 0.717) is 18.4 Å². The van der Waals surface area contributed by atoms with Crippen molar-refractivity contribution in [3.63, 3.8) is 0 Å². The van der Waals surface area contributed by atoms with Crippen molar-refractivity contribution in [1.29, 1.82) is 5.41 Å². The summed E-state index contributed by atoms with van der Waals surface area (Å²) in [5.74, 6) is -1.98. The highest BCUT2D eigenvalue weighted by Gasteiger charge is 2.56. The van der Waals surface area contributed by atoms with Crippen LogP contribution in [0.3, 0.4) is 0 Å². The van der Waals surface area contributed by atoms with Crippen LogP contribution in [0.2, 0.25) is 0 Å². The fourth-order valence-corrected chi connectivity index (χ4v) is 4.51. The number of amides is 1. The van der Waals surface area contributed by atoms with E-state index in [4.69, 9.17) is 16.9 Å². The Balaban J connectivity index is 1.76. The van der Waals surface area contributed by atoms with E-state index >= 15 is 0 Å². The fourth-order valence-electron chi connectivity index (χ4n) is 4.51. The molecule has 8 nitrogen and oxygen atoms in total. The molecule has 1 aliphatic carbocycles. The first-order chi connectivity index (χ1) is 15.8. The predicted molar refractivity (Wildman–Crippen MR) is 109 cm³/mol. The number of benzene rings is 1. The van der Waals surface area contributed by atoms with E-state index in [0.717, 1.165) is 0 Å². The Morgan fingerprint density at radius 2 is 2.00 bits per heavy atom. The lowest BCUT2D eigenvalue weighted by molar-refractivity contribution is -0.250. The van der Waals surface area contributed by atoms with Gasteiger partial charge in [0.2, 0.25) is 17.7 Å². The average molecular weight is 492 g/mol. The molecular weight excluding hydrogens is 467 g/mol. The molecule has 3 rings (SSSR count). The number of hydrogen-bond donors (Lipinski definition) is 4. The molecule has 1 heterocycles. The van der Waals surface area contributed by atoms with Crippen molar-refractivity contribution in [2.75, 3.05) is 0 Å². The van der Waals surface area contributed by atoms with Crippen molar-refractivity contribution in [2.45, 2.75) is 68.7 Å². The molecule has 1 amide bonds. The lowest BCUT2D eigenvalue weighted by Crippen LogP contribution is -2.57. The third-order valence-corrected chi connectivity index (χ3v) is 6.43. The van der Waals surface area contributed by atoms with Crippen LogP contribution in [0.5, 0.6) is 0 Å². The van der Waals surface area contributed by atoms with Gasteiger partial charge >= 0.3 is 6.18 Å². The zero-order chi connectivity index (χ0) is 25.4. The van der Waals surface area contributed by atoms with Crippen molar-refractivity contribution in [2.24, 2.45) is 17.4 Å². The zero-order valence-electron chi connectivity index (χ0n) is 17.9. The lowest BCUT2D eigenvalue weighted by Gasteiger charge is -2.42. The summed E-state index contributed by atoms with van der Waals surface area (Å²) in [5.41, 5.74) is 8.63. The molecule has 5 atom stereocenters. The van der Waals surface area contributed by atoms with Crippen LogP contribution in [-0.4, -0.2) is 64.6 Å². The van der Waals surface area contributed by atoms with Gasteiger partial charge in [0, 0.05) is 29.8 Å². The fraction of sp³-hybridized carbons (Fsp3) is 0.571. The molecule has 1 aromatic rings. The number of fused-ring (bicyclic) bond motifs is 1. The van der Waals surface area contributed by atoms with Gasteiger partial charge in [-0.15, -0.1) is 0 Å². The van der Waals surface area contributed by atoms with Gasteiger partial charge in [0.15, 0.2) is 6.29 Å². The molecule has 0 spiro atoms. The van der Waals surface area contributed by atoms with Gasteiger partial charge in [0.1, 0.15) is 0 Å². The number of hydrogen-bond acceptors (Lipinski definition) is 7. The molecule has 0 radical (unpaired) electrons. The van der Waals surface area contributed by atoms with Gasteiger partial charge in [-0.2, -0.15) is 13.2 Å². The molecule has 2 aliphatic rings. The first-order valence-corrected chi connectivity index (χ1v) is 10.5. The molecule has 1 aromatic carbocycles.